The van der Waals surface area contributed by atoms with Crippen molar-refractivity contribution in [2.75, 3.05) is 43.4 Å². The fourth-order valence-electron chi connectivity index (χ4n) is 3.34. The maximum atomic E-state index is 12.4. The lowest BCUT2D eigenvalue weighted by Gasteiger charge is -2.37. The van der Waals surface area contributed by atoms with Gasteiger partial charge in [0, 0.05) is 54.3 Å². The number of hydrogen-bond acceptors (Lipinski definition) is 5. The van der Waals surface area contributed by atoms with Gasteiger partial charge in [-0.2, -0.15) is 0 Å². The summed E-state index contributed by atoms with van der Waals surface area (Å²) < 4.78 is 23.2. The monoisotopic (exact) mass is 402 g/mol. The first-order valence-corrected chi connectivity index (χ1v) is 11.7. The summed E-state index contributed by atoms with van der Waals surface area (Å²) in [5.41, 5.74) is 0. The molecular formula is C17H23ClN2O3S2. The molecule has 8 heteroatoms. The van der Waals surface area contributed by atoms with E-state index in [1.807, 2.05) is 29.2 Å². The highest BCUT2D eigenvalue weighted by Crippen LogP contribution is 2.22. The third-order valence-electron chi connectivity index (χ3n) is 4.79. The number of hydrogen-bond donors (Lipinski definition) is 0. The number of halogens is 1. The molecule has 1 aromatic carbocycles. The highest BCUT2D eigenvalue weighted by molar-refractivity contribution is 7.99. The van der Waals surface area contributed by atoms with Gasteiger partial charge in [-0.3, -0.25) is 9.69 Å². The van der Waals surface area contributed by atoms with E-state index < -0.39 is 9.84 Å². The third-order valence-corrected chi connectivity index (χ3v) is 7.81. The van der Waals surface area contributed by atoms with Crippen LogP contribution in [0.2, 0.25) is 5.02 Å². The largest absolute Gasteiger partial charge is 0.340 e. The number of rotatable bonds is 5. The smallest absolute Gasteiger partial charge is 0.223 e. The van der Waals surface area contributed by atoms with Crippen molar-refractivity contribution in [2.24, 2.45) is 0 Å². The molecule has 1 amide bonds. The molecule has 0 aliphatic carbocycles. The lowest BCUT2D eigenvalue weighted by molar-refractivity contribution is -0.132. The first kappa shape index (κ1) is 19.0. The van der Waals surface area contributed by atoms with E-state index in [-0.39, 0.29) is 17.7 Å². The minimum absolute atomic E-state index is 0.141. The molecular weight excluding hydrogens is 380 g/mol. The van der Waals surface area contributed by atoms with Gasteiger partial charge in [0.05, 0.1) is 11.5 Å². The average molecular weight is 403 g/mol. The van der Waals surface area contributed by atoms with E-state index in [4.69, 9.17) is 11.6 Å². The predicted molar refractivity (Wildman–Crippen MR) is 102 cm³/mol. The Kier molecular flexibility index (Phi) is 6.30. The van der Waals surface area contributed by atoms with Crippen LogP contribution in [0.1, 0.15) is 12.8 Å². The van der Waals surface area contributed by atoms with E-state index in [2.05, 4.69) is 4.90 Å². The first-order chi connectivity index (χ1) is 11.9. The molecule has 0 spiro atoms. The van der Waals surface area contributed by atoms with Crippen LogP contribution in [0, 0.1) is 0 Å². The van der Waals surface area contributed by atoms with Gasteiger partial charge in [-0.1, -0.05) is 11.6 Å². The Hall–Kier alpha value is -0.760. The molecule has 1 atom stereocenters. The van der Waals surface area contributed by atoms with Crippen molar-refractivity contribution >= 4 is 39.1 Å². The van der Waals surface area contributed by atoms with Crippen molar-refractivity contribution in [1.29, 1.82) is 0 Å². The molecule has 5 nitrogen and oxygen atoms in total. The molecule has 0 saturated carbocycles. The molecule has 2 saturated heterocycles. The van der Waals surface area contributed by atoms with E-state index >= 15 is 0 Å². The maximum Gasteiger partial charge on any atom is 0.223 e. The predicted octanol–water partition coefficient (Wildman–Crippen LogP) is 2.15. The molecule has 0 unspecified atom stereocenters. The second-order valence-corrected chi connectivity index (χ2v) is 10.4. The lowest BCUT2D eigenvalue weighted by Crippen LogP contribution is -2.52. The van der Waals surface area contributed by atoms with Gasteiger partial charge in [0.15, 0.2) is 9.84 Å². The summed E-state index contributed by atoms with van der Waals surface area (Å²) in [5, 5.41) is 0.716. The molecule has 0 N–H and O–H groups in total. The van der Waals surface area contributed by atoms with Crippen LogP contribution in [0.5, 0.6) is 0 Å². The summed E-state index contributed by atoms with van der Waals surface area (Å²) in [6, 6.07) is 7.78. The van der Waals surface area contributed by atoms with Crippen molar-refractivity contribution in [3.63, 3.8) is 0 Å². The Bertz CT molecular complexity index is 701. The Morgan fingerprint density at radius 2 is 1.84 bits per heavy atom. The van der Waals surface area contributed by atoms with Crippen LogP contribution in [0.25, 0.3) is 0 Å². The zero-order valence-corrected chi connectivity index (χ0v) is 16.5. The van der Waals surface area contributed by atoms with Crippen LogP contribution in [-0.4, -0.2) is 73.6 Å². The van der Waals surface area contributed by atoms with E-state index in [9.17, 15) is 13.2 Å². The number of piperazine rings is 1. The SMILES string of the molecule is O=C(CCSc1ccc(Cl)cc1)N1CCN([C@@H]2CCS(=O)(=O)C2)CC1. The minimum Gasteiger partial charge on any atom is -0.340 e. The molecule has 1 aromatic rings. The van der Waals surface area contributed by atoms with Crippen LogP contribution in [0.3, 0.4) is 0 Å². The fraction of sp³-hybridized carbons (Fsp3) is 0.588. The third kappa shape index (κ3) is 5.36. The van der Waals surface area contributed by atoms with E-state index in [1.54, 1.807) is 11.8 Å². The first-order valence-electron chi connectivity index (χ1n) is 8.53. The Morgan fingerprint density at radius 3 is 2.44 bits per heavy atom. The van der Waals surface area contributed by atoms with Crippen LogP contribution in [-0.2, 0) is 14.6 Å². The quantitative estimate of drug-likeness (QED) is 0.706. The Labute approximate surface area is 158 Å². The molecule has 0 bridgehead atoms. The average Bonchev–Trinajstić information content (AvgIpc) is 2.97. The number of nitrogens with zero attached hydrogens (tertiary/aromatic N) is 2. The van der Waals surface area contributed by atoms with Gasteiger partial charge in [0.25, 0.3) is 0 Å². The molecule has 0 radical (unpaired) electrons. The topological polar surface area (TPSA) is 57.7 Å². The second kappa shape index (κ2) is 8.29. The maximum absolute atomic E-state index is 12.4. The fourth-order valence-corrected chi connectivity index (χ4v) is 6.07. The zero-order chi connectivity index (χ0) is 17.9. The standard InChI is InChI=1S/C17H23ClN2O3S2/c18-14-1-3-16(4-2-14)24-11-5-17(21)20-9-7-19(8-10-20)15-6-12-25(22,23)13-15/h1-4,15H,5-13H2/t15-/m1/s1. The van der Waals surface area contributed by atoms with Gasteiger partial charge in [0.2, 0.25) is 5.91 Å². The number of benzene rings is 1. The van der Waals surface area contributed by atoms with Crippen molar-refractivity contribution in [3.8, 4) is 0 Å². The Morgan fingerprint density at radius 1 is 1.16 bits per heavy atom. The Balaban J connectivity index is 1.39. The molecule has 25 heavy (non-hydrogen) atoms. The summed E-state index contributed by atoms with van der Waals surface area (Å²) >= 11 is 7.52. The number of carbonyl (C=O) groups excluding carboxylic acids is 1. The molecule has 2 heterocycles. The van der Waals surface area contributed by atoms with E-state index in [0.29, 0.717) is 30.3 Å². The van der Waals surface area contributed by atoms with E-state index in [0.717, 1.165) is 30.2 Å². The molecule has 2 aliphatic rings. The number of amides is 1. The van der Waals surface area contributed by atoms with Gasteiger partial charge < -0.3 is 4.90 Å². The highest BCUT2D eigenvalue weighted by atomic mass is 35.5. The lowest BCUT2D eigenvalue weighted by atomic mass is 10.2. The molecule has 2 fully saturated rings. The molecule has 2 aliphatic heterocycles. The van der Waals surface area contributed by atoms with Crippen molar-refractivity contribution in [3.05, 3.63) is 29.3 Å². The summed E-state index contributed by atoms with van der Waals surface area (Å²) in [7, 11) is -2.85. The van der Waals surface area contributed by atoms with Crippen LogP contribution >= 0.6 is 23.4 Å². The van der Waals surface area contributed by atoms with Crippen LogP contribution < -0.4 is 0 Å². The number of thioether (sulfide) groups is 1. The van der Waals surface area contributed by atoms with Gasteiger partial charge in [-0.25, -0.2) is 8.42 Å². The summed E-state index contributed by atoms with van der Waals surface area (Å²) in [6.45, 7) is 2.94. The zero-order valence-electron chi connectivity index (χ0n) is 14.1. The highest BCUT2D eigenvalue weighted by Gasteiger charge is 2.34. The molecule has 3 rings (SSSR count). The molecule has 138 valence electrons. The van der Waals surface area contributed by atoms with Gasteiger partial charge >= 0.3 is 0 Å². The van der Waals surface area contributed by atoms with Gasteiger partial charge in [0.1, 0.15) is 0 Å². The van der Waals surface area contributed by atoms with E-state index in [1.165, 1.54) is 0 Å². The van der Waals surface area contributed by atoms with Gasteiger partial charge in [-0.05, 0) is 30.7 Å². The summed E-state index contributed by atoms with van der Waals surface area (Å²) in [6.07, 6.45) is 1.25. The molecule has 0 aromatic heterocycles. The summed E-state index contributed by atoms with van der Waals surface area (Å²) in [4.78, 5) is 17.6. The summed E-state index contributed by atoms with van der Waals surface area (Å²) in [5.74, 6) is 1.51. The van der Waals surface area contributed by atoms with Crippen molar-refractivity contribution < 1.29 is 13.2 Å². The van der Waals surface area contributed by atoms with Crippen LogP contribution in [0.15, 0.2) is 29.2 Å². The van der Waals surface area contributed by atoms with Crippen molar-refractivity contribution in [2.45, 2.75) is 23.8 Å². The number of carbonyl (C=O) groups is 1. The normalized spacial score (nSPS) is 23.7. The minimum atomic E-state index is -2.85. The second-order valence-electron chi connectivity index (χ2n) is 6.53. The van der Waals surface area contributed by atoms with Gasteiger partial charge in [-0.15, -0.1) is 11.8 Å². The van der Waals surface area contributed by atoms with Crippen molar-refractivity contribution in [1.82, 2.24) is 9.80 Å². The van der Waals surface area contributed by atoms with Crippen LogP contribution in [0.4, 0.5) is 0 Å². The number of sulfone groups is 1.